The molecule has 11 aromatic rings. The maximum Gasteiger partial charge on any atom is 0.0619 e. The number of para-hydroxylation sites is 3. The highest BCUT2D eigenvalue weighted by Gasteiger charge is 2.39. The minimum absolute atomic E-state index is 0.250. The van der Waals surface area contributed by atoms with Gasteiger partial charge in [-0.1, -0.05) is 214 Å². The Morgan fingerprint density at radius 3 is 1.60 bits per heavy atom. The van der Waals surface area contributed by atoms with Gasteiger partial charge in [0, 0.05) is 38.7 Å². The van der Waals surface area contributed by atoms with Crippen LogP contribution in [0.2, 0.25) is 0 Å². The highest BCUT2D eigenvalue weighted by atomic mass is 15.1. The fourth-order valence-electron chi connectivity index (χ4n) is 10.7. The zero-order valence-electron chi connectivity index (χ0n) is 36.5. The third kappa shape index (κ3) is 6.25. The molecule has 1 heterocycles. The summed E-state index contributed by atoms with van der Waals surface area (Å²) in [5, 5.41) is 2.49. The molecule has 0 N–H and O–H groups in total. The Bertz CT molecular complexity index is 3550. The van der Waals surface area contributed by atoms with Crippen LogP contribution in [0.1, 0.15) is 25.0 Å². The molecule has 0 bridgehead atoms. The van der Waals surface area contributed by atoms with Crippen LogP contribution < -0.4 is 4.90 Å². The Hall–Kier alpha value is -8.20. The molecule has 0 saturated carbocycles. The van der Waals surface area contributed by atoms with Gasteiger partial charge in [0.05, 0.1) is 22.4 Å². The van der Waals surface area contributed by atoms with E-state index in [9.17, 15) is 0 Å². The van der Waals surface area contributed by atoms with Crippen molar-refractivity contribution >= 4 is 38.9 Å². The average molecular weight is 831 g/mol. The van der Waals surface area contributed by atoms with E-state index < -0.39 is 0 Å². The van der Waals surface area contributed by atoms with Crippen molar-refractivity contribution in [1.82, 2.24) is 4.57 Å². The van der Waals surface area contributed by atoms with E-state index in [0.29, 0.717) is 0 Å². The summed E-state index contributed by atoms with van der Waals surface area (Å²) >= 11 is 0. The normalized spacial score (nSPS) is 12.6. The van der Waals surface area contributed by atoms with Crippen LogP contribution in [-0.2, 0) is 5.41 Å². The van der Waals surface area contributed by atoms with Crippen molar-refractivity contribution in [2.24, 2.45) is 0 Å². The van der Waals surface area contributed by atoms with E-state index in [1.165, 1.54) is 88.7 Å². The lowest BCUT2D eigenvalue weighted by atomic mass is 9.81. The highest BCUT2D eigenvalue weighted by Crippen LogP contribution is 2.56. The van der Waals surface area contributed by atoms with Crippen molar-refractivity contribution in [3.8, 4) is 61.3 Å². The maximum absolute atomic E-state index is 2.54. The van der Waals surface area contributed by atoms with Crippen LogP contribution >= 0.6 is 0 Å². The van der Waals surface area contributed by atoms with Crippen LogP contribution in [0, 0.1) is 0 Å². The van der Waals surface area contributed by atoms with E-state index >= 15 is 0 Å². The summed E-state index contributed by atoms with van der Waals surface area (Å²) in [6, 6.07) is 88.9. The van der Waals surface area contributed by atoms with Crippen LogP contribution in [0.3, 0.4) is 0 Å². The van der Waals surface area contributed by atoms with E-state index in [4.69, 9.17) is 0 Å². The molecule has 0 atom stereocenters. The third-order valence-corrected chi connectivity index (χ3v) is 13.6. The predicted molar refractivity (Wildman–Crippen MR) is 275 cm³/mol. The molecule has 0 spiro atoms. The standard InChI is InChI=1S/C63H46N2/c1-63(2)56-35-16-14-28-51(56)54-33-20-38-59(61(54)63)64(58-37-19-31-49(44-23-8-4-9-24-44)60(58)53-30-13-12-27-48(53)43-21-6-3-7-22-43)47-41-39-45(40-42-47)50-32-18-34-55-52-29-15-17-36-57(52)65(62(50)55)46-25-10-5-11-26-46/h3-42H,1-2H3. The number of fused-ring (bicyclic) bond motifs is 6. The molecular weight excluding hydrogens is 785 g/mol. The van der Waals surface area contributed by atoms with Gasteiger partial charge >= 0.3 is 0 Å². The lowest BCUT2D eigenvalue weighted by Crippen LogP contribution is -2.21. The van der Waals surface area contributed by atoms with Gasteiger partial charge in [0.2, 0.25) is 0 Å². The van der Waals surface area contributed by atoms with Crippen molar-refractivity contribution in [2.75, 3.05) is 4.90 Å². The van der Waals surface area contributed by atoms with Gasteiger partial charge in [-0.25, -0.2) is 0 Å². The highest BCUT2D eigenvalue weighted by molar-refractivity contribution is 6.14. The molecule has 65 heavy (non-hydrogen) atoms. The summed E-state index contributed by atoms with van der Waals surface area (Å²) in [6.45, 7) is 4.78. The molecule has 0 radical (unpaired) electrons. The van der Waals surface area contributed by atoms with E-state index in [0.717, 1.165) is 22.6 Å². The first kappa shape index (κ1) is 38.5. The first-order valence-electron chi connectivity index (χ1n) is 22.6. The molecule has 0 amide bonds. The molecule has 0 aliphatic heterocycles. The summed E-state index contributed by atoms with van der Waals surface area (Å²) in [5.74, 6) is 0. The Balaban J connectivity index is 1.13. The fraction of sp³-hybridized carbons (Fsp3) is 0.0476. The largest absolute Gasteiger partial charge is 0.310 e. The van der Waals surface area contributed by atoms with Gasteiger partial charge in [-0.05, 0) is 98.1 Å². The smallest absolute Gasteiger partial charge is 0.0619 e. The molecule has 0 saturated heterocycles. The molecule has 2 heteroatoms. The van der Waals surface area contributed by atoms with Gasteiger partial charge in [0.15, 0.2) is 0 Å². The molecule has 308 valence electrons. The van der Waals surface area contributed by atoms with E-state index in [1.807, 2.05) is 0 Å². The molecule has 0 unspecified atom stereocenters. The monoisotopic (exact) mass is 830 g/mol. The third-order valence-electron chi connectivity index (χ3n) is 13.6. The molecule has 0 fully saturated rings. The van der Waals surface area contributed by atoms with Crippen molar-refractivity contribution in [3.05, 3.63) is 254 Å². The fourth-order valence-corrected chi connectivity index (χ4v) is 10.7. The molecular formula is C63H46N2. The maximum atomic E-state index is 2.54. The van der Waals surface area contributed by atoms with Crippen LogP contribution in [0.25, 0.3) is 83.1 Å². The summed E-state index contributed by atoms with van der Waals surface area (Å²) in [5.41, 5.74) is 21.4. The van der Waals surface area contributed by atoms with Crippen molar-refractivity contribution in [1.29, 1.82) is 0 Å². The topological polar surface area (TPSA) is 8.17 Å². The van der Waals surface area contributed by atoms with Crippen molar-refractivity contribution < 1.29 is 0 Å². The Morgan fingerprint density at radius 1 is 0.354 bits per heavy atom. The number of aromatic nitrogens is 1. The average Bonchev–Trinajstić information content (AvgIpc) is 3.84. The number of nitrogens with zero attached hydrogens (tertiary/aromatic N) is 2. The predicted octanol–water partition coefficient (Wildman–Crippen LogP) is 17.2. The first-order valence-corrected chi connectivity index (χ1v) is 22.6. The zero-order chi connectivity index (χ0) is 43.5. The molecule has 2 nitrogen and oxygen atoms in total. The minimum atomic E-state index is -0.250. The molecule has 10 aromatic carbocycles. The first-order chi connectivity index (χ1) is 32.1. The van der Waals surface area contributed by atoms with Crippen molar-refractivity contribution in [2.45, 2.75) is 19.3 Å². The van der Waals surface area contributed by atoms with Gasteiger partial charge in [0.25, 0.3) is 0 Å². The quantitative estimate of drug-likeness (QED) is 0.148. The molecule has 12 rings (SSSR count). The van der Waals surface area contributed by atoms with Crippen LogP contribution in [-0.4, -0.2) is 4.57 Å². The number of benzene rings is 10. The van der Waals surface area contributed by atoms with Crippen LogP contribution in [0.4, 0.5) is 17.1 Å². The lowest BCUT2D eigenvalue weighted by Gasteiger charge is -2.34. The van der Waals surface area contributed by atoms with Crippen LogP contribution in [0.5, 0.6) is 0 Å². The van der Waals surface area contributed by atoms with Gasteiger partial charge < -0.3 is 9.47 Å². The van der Waals surface area contributed by atoms with Crippen molar-refractivity contribution in [3.63, 3.8) is 0 Å². The Kier molecular flexibility index (Phi) is 9.21. The summed E-state index contributed by atoms with van der Waals surface area (Å²) in [7, 11) is 0. The lowest BCUT2D eigenvalue weighted by molar-refractivity contribution is 0.661. The van der Waals surface area contributed by atoms with Gasteiger partial charge in [-0.15, -0.1) is 0 Å². The summed E-state index contributed by atoms with van der Waals surface area (Å²) in [6.07, 6.45) is 0. The van der Waals surface area contributed by atoms with Crippen LogP contribution in [0.15, 0.2) is 243 Å². The number of anilines is 3. The SMILES string of the molecule is CC1(C)c2ccccc2-c2cccc(N(c3ccc(-c4cccc5c6ccccc6n(-c6ccccc6)c45)cc3)c3cccc(-c4ccccc4)c3-c3ccccc3-c3ccccc3)c21. The second-order valence-corrected chi connectivity index (χ2v) is 17.6. The van der Waals surface area contributed by atoms with Gasteiger partial charge in [0.1, 0.15) is 0 Å². The molecule has 1 aliphatic rings. The Morgan fingerprint density at radius 2 is 0.862 bits per heavy atom. The zero-order valence-corrected chi connectivity index (χ0v) is 36.5. The summed E-state index contributed by atoms with van der Waals surface area (Å²) in [4.78, 5) is 2.54. The number of rotatable bonds is 8. The van der Waals surface area contributed by atoms with E-state index in [1.54, 1.807) is 0 Å². The minimum Gasteiger partial charge on any atom is -0.310 e. The number of hydrogen-bond acceptors (Lipinski definition) is 1. The molecule has 1 aromatic heterocycles. The summed E-state index contributed by atoms with van der Waals surface area (Å²) < 4.78 is 2.43. The number of hydrogen-bond donors (Lipinski definition) is 0. The Labute approximate surface area is 381 Å². The van der Waals surface area contributed by atoms with Gasteiger partial charge in [-0.3, -0.25) is 0 Å². The van der Waals surface area contributed by atoms with Gasteiger partial charge in [-0.2, -0.15) is 0 Å². The second-order valence-electron chi connectivity index (χ2n) is 17.6. The second kappa shape index (κ2) is 15.6. The van der Waals surface area contributed by atoms with E-state index in [2.05, 4.69) is 266 Å². The van der Waals surface area contributed by atoms with E-state index in [-0.39, 0.29) is 5.41 Å². The molecule has 1 aliphatic carbocycles.